The number of aromatic amines is 2. The van der Waals surface area contributed by atoms with Crippen molar-refractivity contribution in [1.29, 1.82) is 0 Å². The summed E-state index contributed by atoms with van der Waals surface area (Å²) in [4.78, 5) is 27.0. The van der Waals surface area contributed by atoms with E-state index in [0.29, 0.717) is 35.9 Å². The van der Waals surface area contributed by atoms with Gasteiger partial charge in [0.1, 0.15) is 11.2 Å². The second-order valence-corrected chi connectivity index (χ2v) is 7.40. The largest absolute Gasteiger partial charge is 0.493 e. The van der Waals surface area contributed by atoms with E-state index in [1.54, 1.807) is 26.6 Å². The minimum atomic E-state index is -0.0353. The fraction of sp³-hybridized carbons (Fsp3) is 0.333. The van der Waals surface area contributed by atoms with Crippen LogP contribution >= 0.6 is 0 Å². The van der Waals surface area contributed by atoms with E-state index in [0.717, 1.165) is 35.0 Å². The maximum absolute atomic E-state index is 13.3. The molecule has 1 fully saturated rings. The Morgan fingerprint density at radius 1 is 1.20 bits per heavy atom. The minimum Gasteiger partial charge on any atom is -0.493 e. The Hall–Kier alpha value is -3.62. The lowest BCUT2D eigenvalue weighted by Gasteiger charge is -2.32. The van der Waals surface area contributed by atoms with E-state index in [1.165, 1.54) is 0 Å². The minimum absolute atomic E-state index is 0.0353. The molecule has 1 aliphatic rings. The standard InChI is InChI=1S/C21H22N6O3/c1-29-16-6-5-14-13(19(16)30-2)10-15(24-14)21(28)27-9-3-4-12(11-27)17-18-20(26-25-17)23-8-7-22-18/h5-8,10,12,24H,3-4,9,11H2,1-2H3,(H,23,25,26)/t12-/m1/s1. The first-order valence-electron chi connectivity index (χ1n) is 9.87. The summed E-state index contributed by atoms with van der Waals surface area (Å²) in [7, 11) is 3.19. The first kappa shape index (κ1) is 18.4. The lowest BCUT2D eigenvalue weighted by atomic mass is 9.94. The normalized spacial score (nSPS) is 16.9. The molecule has 5 rings (SSSR count). The highest BCUT2D eigenvalue weighted by Crippen LogP contribution is 2.36. The molecule has 0 radical (unpaired) electrons. The molecule has 9 nitrogen and oxygen atoms in total. The Balaban J connectivity index is 1.43. The van der Waals surface area contributed by atoms with Crippen molar-refractivity contribution in [3.05, 3.63) is 42.0 Å². The molecule has 0 unspecified atom stereocenters. The SMILES string of the molecule is COc1ccc2[nH]c(C(=O)N3CCC[C@@H](c4[nH]nc5nccnc45)C3)cc2c1OC. The zero-order valence-electron chi connectivity index (χ0n) is 16.8. The lowest BCUT2D eigenvalue weighted by molar-refractivity contribution is 0.0701. The number of nitrogens with one attached hydrogen (secondary N) is 2. The molecule has 1 amide bonds. The molecule has 3 aromatic heterocycles. The van der Waals surface area contributed by atoms with Gasteiger partial charge < -0.3 is 19.4 Å². The number of benzene rings is 1. The summed E-state index contributed by atoms with van der Waals surface area (Å²) in [6.45, 7) is 1.31. The summed E-state index contributed by atoms with van der Waals surface area (Å²) in [6, 6.07) is 5.55. The average molecular weight is 406 g/mol. The van der Waals surface area contributed by atoms with E-state index < -0.39 is 0 Å². The highest BCUT2D eigenvalue weighted by Gasteiger charge is 2.29. The number of piperidine rings is 1. The summed E-state index contributed by atoms with van der Waals surface area (Å²) >= 11 is 0. The topological polar surface area (TPSA) is 109 Å². The summed E-state index contributed by atoms with van der Waals surface area (Å²) < 4.78 is 10.9. The molecule has 0 aliphatic carbocycles. The third-order valence-corrected chi connectivity index (χ3v) is 5.71. The molecular formula is C21H22N6O3. The van der Waals surface area contributed by atoms with E-state index in [9.17, 15) is 4.79 Å². The van der Waals surface area contributed by atoms with Gasteiger partial charge in [0.2, 0.25) is 0 Å². The molecule has 0 saturated carbocycles. The molecule has 9 heteroatoms. The van der Waals surface area contributed by atoms with Gasteiger partial charge in [-0.25, -0.2) is 9.97 Å². The first-order chi connectivity index (χ1) is 14.7. The van der Waals surface area contributed by atoms with Crippen LogP contribution in [0.1, 0.15) is 34.9 Å². The van der Waals surface area contributed by atoms with Gasteiger partial charge in [-0.15, -0.1) is 0 Å². The molecule has 154 valence electrons. The number of carbonyl (C=O) groups is 1. The van der Waals surface area contributed by atoms with E-state index in [1.807, 2.05) is 23.1 Å². The smallest absolute Gasteiger partial charge is 0.270 e. The molecule has 30 heavy (non-hydrogen) atoms. The number of hydrogen-bond acceptors (Lipinski definition) is 6. The number of H-pyrrole nitrogens is 2. The number of methoxy groups -OCH3 is 2. The highest BCUT2D eigenvalue weighted by atomic mass is 16.5. The Morgan fingerprint density at radius 2 is 2.07 bits per heavy atom. The summed E-state index contributed by atoms with van der Waals surface area (Å²) in [5.41, 5.74) is 3.69. The van der Waals surface area contributed by atoms with Crippen molar-refractivity contribution < 1.29 is 14.3 Å². The van der Waals surface area contributed by atoms with Crippen molar-refractivity contribution >= 4 is 28.0 Å². The van der Waals surface area contributed by atoms with Gasteiger partial charge in [-0.3, -0.25) is 9.89 Å². The Morgan fingerprint density at radius 3 is 2.90 bits per heavy atom. The highest BCUT2D eigenvalue weighted by molar-refractivity contribution is 6.00. The molecule has 2 N–H and O–H groups in total. The van der Waals surface area contributed by atoms with Crippen LogP contribution < -0.4 is 9.47 Å². The number of ether oxygens (including phenoxy) is 2. The zero-order chi connectivity index (χ0) is 20.7. The number of nitrogens with zero attached hydrogens (tertiary/aromatic N) is 4. The fourth-order valence-electron chi connectivity index (χ4n) is 4.26. The van der Waals surface area contributed by atoms with Gasteiger partial charge >= 0.3 is 0 Å². The van der Waals surface area contributed by atoms with Crippen LogP contribution in [0, 0.1) is 0 Å². The van der Waals surface area contributed by atoms with E-state index >= 15 is 0 Å². The number of likely N-dealkylation sites (tertiary alicyclic amines) is 1. The van der Waals surface area contributed by atoms with Crippen molar-refractivity contribution in [3.63, 3.8) is 0 Å². The third kappa shape index (κ3) is 2.94. The van der Waals surface area contributed by atoms with E-state index in [4.69, 9.17) is 9.47 Å². The third-order valence-electron chi connectivity index (χ3n) is 5.71. The average Bonchev–Trinajstić information content (AvgIpc) is 3.42. The van der Waals surface area contributed by atoms with Crippen LogP contribution in [0.2, 0.25) is 0 Å². The predicted octanol–water partition coefficient (Wildman–Crippen LogP) is 2.87. The Labute approximate surface area is 172 Å². The molecule has 4 heterocycles. The number of hydrogen-bond donors (Lipinski definition) is 2. The number of rotatable bonds is 4. The molecule has 1 atom stereocenters. The van der Waals surface area contributed by atoms with Crippen molar-refractivity contribution in [1.82, 2.24) is 30.0 Å². The summed E-state index contributed by atoms with van der Waals surface area (Å²) in [5, 5.41) is 8.16. The number of carbonyl (C=O) groups excluding carboxylic acids is 1. The van der Waals surface area contributed by atoms with Gasteiger partial charge in [0, 0.05) is 36.8 Å². The van der Waals surface area contributed by atoms with Crippen molar-refractivity contribution in [2.45, 2.75) is 18.8 Å². The second-order valence-electron chi connectivity index (χ2n) is 7.40. The Bertz CT molecular complexity index is 1230. The van der Waals surface area contributed by atoms with E-state index in [-0.39, 0.29) is 11.8 Å². The molecule has 1 aliphatic heterocycles. The van der Waals surface area contributed by atoms with Crippen LogP contribution in [-0.4, -0.2) is 63.3 Å². The fourth-order valence-corrected chi connectivity index (χ4v) is 4.26. The predicted molar refractivity (Wildman–Crippen MR) is 111 cm³/mol. The molecule has 4 aromatic rings. The first-order valence-corrected chi connectivity index (χ1v) is 9.87. The van der Waals surface area contributed by atoms with Gasteiger partial charge in [-0.1, -0.05) is 0 Å². The van der Waals surface area contributed by atoms with Gasteiger partial charge in [-0.2, -0.15) is 5.10 Å². The second kappa shape index (κ2) is 7.33. The van der Waals surface area contributed by atoms with Crippen LogP contribution in [0.15, 0.2) is 30.6 Å². The molecule has 0 bridgehead atoms. The van der Waals surface area contributed by atoms with Crippen LogP contribution in [-0.2, 0) is 0 Å². The molecule has 1 aromatic carbocycles. The maximum Gasteiger partial charge on any atom is 0.270 e. The summed E-state index contributed by atoms with van der Waals surface area (Å²) in [5.74, 6) is 1.35. The maximum atomic E-state index is 13.3. The molecule has 1 saturated heterocycles. The summed E-state index contributed by atoms with van der Waals surface area (Å²) in [6.07, 6.45) is 5.17. The number of fused-ring (bicyclic) bond motifs is 2. The zero-order valence-corrected chi connectivity index (χ0v) is 16.8. The van der Waals surface area contributed by atoms with Crippen molar-refractivity contribution in [2.24, 2.45) is 0 Å². The van der Waals surface area contributed by atoms with Crippen LogP contribution in [0.5, 0.6) is 11.5 Å². The molecular weight excluding hydrogens is 384 g/mol. The lowest BCUT2D eigenvalue weighted by Crippen LogP contribution is -2.39. The monoisotopic (exact) mass is 406 g/mol. The number of aromatic nitrogens is 5. The Kier molecular flexibility index (Phi) is 4.50. The van der Waals surface area contributed by atoms with Crippen molar-refractivity contribution in [2.75, 3.05) is 27.3 Å². The van der Waals surface area contributed by atoms with Crippen LogP contribution in [0.25, 0.3) is 22.1 Å². The van der Waals surface area contributed by atoms with Gasteiger partial charge in [0.15, 0.2) is 17.1 Å². The van der Waals surface area contributed by atoms with Crippen LogP contribution in [0.3, 0.4) is 0 Å². The molecule has 0 spiro atoms. The number of amides is 1. The van der Waals surface area contributed by atoms with Gasteiger partial charge in [0.05, 0.1) is 25.4 Å². The van der Waals surface area contributed by atoms with Crippen molar-refractivity contribution in [3.8, 4) is 11.5 Å². The van der Waals surface area contributed by atoms with E-state index in [2.05, 4.69) is 25.1 Å². The quantitative estimate of drug-likeness (QED) is 0.539. The van der Waals surface area contributed by atoms with Gasteiger partial charge in [0.25, 0.3) is 5.91 Å². The van der Waals surface area contributed by atoms with Gasteiger partial charge in [-0.05, 0) is 31.0 Å². The van der Waals surface area contributed by atoms with Crippen LogP contribution in [0.4, 0.5) is 0 Å².